The molecule has 0 aliphatic rings. The van der Waals surface area contributed by atoms with Crippen LogP contribution in [-0.4, -0.2) is 31.6 Å². The molecule has 1 atom stereocenters. The highest BCUT2D eigenvalue weighted by molar-refractivity contribution is 7.07. The molecular weight excluding hydrogens is 320 g/mol. The Morgan fingerprint density at radius 1 is 1.46 bits per heavy atom. The van der Waals surface area contributed by atoms with Crippen molar-refractivity contribution in [3.8, 4) is 11.4 Å². The molecule has 0 saturated heterocycles. The second kappa shape index (κ2) is 7.05. The van der Waals surface area contributed by atoms with Crippen LogP contribution in [-0.2, 0) is 13.6 Å². The molecule has 0 spiro atoms. The molecule has 5 nitrogen and oxygen atoms in total. The van der Waals surface area contributed by atoms with E-state index in [-0.39, 0.29) is 11.9 Å². The van der Waals surface area contributed by atoms with Crippen LogP contribution in [0.3, 0.4) is 0 Å². The van der Waals surface area contributed by atoms with E-state index in [0.29, 0.717) is 12.2 Å². The Bertz CT molecular complexity index is 803. The molecule has 0 aromatic carbocycles. The van der Waals surface area contributed by atoms with Crippen molar-refractivity contribution in [2.45, 2.75) is 32.9 Å². The third-order valence-corrected chi connectivity index (χ3v) is 5.06. The fourth-order valence-corrected chi connectivity index (χ4v) is 3.33. The van der Waals surface area contributed by atoms with E-state index in [1.165, 1.54) is 0 Å². The van der Waals surface area contributed by atoms with Crippen LogP contribution >= 0.6 is 11.3 Å². The molecule has 3 aromatic rings. The highest BCUT2D eigenvalue weighted by Gasteiger charge is 2.23. The number of carbonyl (C=O) groups is 1. The van der Waals surface area contributed by atoms with Crippen LogP contribution in [0.15, 0.2) is 41.2 Å². The molecular formula is C18H22N4OS. The van der Waals surface area contributed by atoms with Gasteiger partial charge in [0.2, 0.25) is 0 Å². The van der Waals surface area contributed by atoms with Crippen LogP contribution in [0, 0.1) is 0 Å². The maximum absolute atomic E-state index is 13.0. The largest absolute Gasteiger partial charge is 0.349 e. The lowest BCUT2D eigenvalue weighted by atomic mass is 10.1. The molecule has 126 valence electrons. The topological polar surface area (TPSA) is 53.9 Å². The summed E-state index contributed by atoms with van der Waals surface area (Å²) in [6.45, 7) is 4.80. The summed E-state index contributed by atoms with van der Waals surface area (Å²) in [6.07, 6.45) is 2.88. The van der Waals surface area contributed by atoms with Gasteiger partial charge in [-0.2, -0.15) is 16.4 Å². The summed E-state index contributed by atoms with van der Waals surface area (Å²) in [5, 5.41) is 11.4. The first-order chi connectivity index (χ1) is 11.6. The van der Waals surface area contributed by atoms with Crippen LogP contribution in [0.25, 0.3) is 11.4 Å². The number of nitrogens with one attached hydrogen (secondary N) is 1. The highest BCUT2D eigenvalue weighted by atomic mass is 32.1. The first-order valence-corrected chi connectivity index (χ1v) is 9.03. The summed E-state index contributed by atoms with van der Waals surface area (Å²) in [4.78, 5) is 14.9. The number of aromatic amines is 1. The van der Waals surface area contributed by atoms with Gasteiger partial charge in [0, 0.05) is 25.8 Å². The van der Waals surface area contributed by atoms with Crippen molar-refractivity contribution in [3.05, 3.63) is 52.5 Å². The summed E-state index contributed by atoms with van der Waals surface area (Å²) in [5.74, 6) is -0.0106. The number of aryl methyl sites for hydroxylation is 1. The Hall–Kier alpha value is -2.34. The monoisotopic (exact) mass is 342 g/mol. The lowest BCUT2D eigenvalue weighted by molar-refractivity contribution is 0.0665. The number of nitrogens with zero attached hydrogens (tertiary/aromatic N) is 3. The number of hydrogen-bond acceptors (Lipinski definition) is 3. The molecule has 1 N–H and O–H groups in total. The summed E-state index contributed by atoms with van der Waals surface area (Å²) in [6, 6.07) is 8.02. The van der Waals surface area contributed by atoms with Gasteiger partial charge in [-0.3, -0.25) is 9.89 Å². The summed E-state index contributed by atoms with van der Waals surface area (Å²) in [7, 11) is 1.97. The standard InChI is InChI=1S/C18H22N4OS/c1-4-13(2)22(11-14-7-9-24-12-14)18(23)16-10-15(19-20-16)17-6-5-8-21(17)3/h5-10,12-13H,4,11H2,1-3H3,(H,19,20)/t13-/m1/s1. The molecule has 6 heteroatoms. The number of hydrogen-bond donors (Lipinski definition) is 1. The predicted molar refractivity (Wildman–Crippen MR) is 96.9 cm³/mol. The molecule has 0 unspecified atom stereocenters. The van der Waals surface area contributed by atoms with E-state index in [1.54, 1.807) is 11.3 Å². The lowest BCUT2D eigenvalue weighted by Crippen LogP contribution is -2.37. The Morgan fingerprint density at radius 2 is 2.29 bits per heavy atom. The van der Waals surface area contributed by atoms with E-state index < -0.39 is 0 Å². The zero-order valence-electron chi connectivity index (χ0n) is 14.2. The van der Waals surface area contributed by atoms with Gasteiger partial charge < -0.3 is 9.47 Å². The molecule has 1 amide bonds. The molecule has 0 fully saturated rings. The van der Waals surface area contributed by atoms with E-state index in [0.717, 1.165) is 23.4 Å². The van der Waals surface area contributed by atoms with E-state index in [2.05, 4.69) is 35.5 Å². The quantitative estimate of drug-likeness (QED) is 0.738. The smallest absolute Gasteiger partial charge is 0.272 e. The molecule has 3 aromatic heterocycles. The minimum absolute atomic E-state index is 0.0106. The SMILES string of the molecule is CC[C@@H](C)N(Cc1ccsc1)C(=O)c1cc(-c2cccn2C)n[nH]1. The molecule has 3 heterocycles. The lowest BCUT2D eigenvalue weighted by Gasteiger charge is -2.27. The Labute approximate surface area is 145 Å². The Kier molecular flexibility index (Phi) is 4.85. The van der Waals surface area contributed by atoms with Crippen LogP contribution in [0.2, 0.25) is 0 Å². The van der Waals surface area contributed by atoms with Crippen molar-refractivity contribution in [2.75, 3.05) is 0 Å². The second-order valence-corrected chi connectivity index (χ2v) is 6.77. The number of amides is 1. The van der Waals surface area contributed by atoms with Gasteiger partial charge in [-0.15, -0.1) is 0 Å². The van der Waals surface area contributed by atoms with Gasteiger partial charge in [0.15, 0.2) is 0 Å². The highest BCUT2D eigenvalue weighted by Crippen LogP contribution is 2.20. The van der Waals surface area contributed by atoms with E-state index in [4.69, 9.17) is 0 Å². The van der Waals surface area contributed by atoms with Crippen molar-refractivity contribution in [1.82, 2.24) is 19.7 Å². The fourth-order valence-electron chi connectivity index (χ4n) is 2.67. The van der Waals surface area contributed by atoms with Crippen LogP contribution in [0.4, 0.5) is 0 Å². The molecule has 3 rings (SSSR count). The normalized spacial score (nSPS) is 12.3. The van der Waals surface area contributed by atoms with Gasteiger partial charge in [0.25, 0.3) is 5.91 Å². The number of aromatic nitrogens is 3. The van der Waals surface area contributed by atoms with Crippen molar-refractivity contribution in [3.63, 3.8) is 0 Å². The minimum atomic E-state index is -0.0106. The van der Waals surface area contributed by atoms with Crippen LogP contribution < -0.4 is 0 Å². The minimum Gasteiger partial charge on any atom is -0.349 e. The van der Waals surface area contributed by atoms with Gasteiger partial charge in [0.1, 0.15) is 11.4 Å². The van der Waals surface area contributed by atoms with Crippen molar-refractivity contribution in [2.24, 2.45) is 7.05 Å². The van der Waals surface area contributed by atoms with Gasteiger partial charge in [-0.1, -0.05) is 6.92 Å². The van der Waals surface area contributed by atoms with E-state index in [9.17, 15) is 4.79 Å². The van der Waals surface area contributed by atoms with E-state index in [1.807, 2.05) is 46.3 Å². The molecule has 0 saturated carbocycles. The average Bonchev–Trinajstić information content (AvgIpc) is 3.32. The second-order valence-electron chi connectivity index (χ2n) is 5.99. The first-order valence-electron chi connectivity index (χ1n) is 8.09. The molecule has 0 radical (unpaired) electrons. The summed E-state index contributed by atoms with van der Waals surface area (Å²) >= 11 is 1.65. The predicted octanol–water partition coefficient (Wildman–Crippen LogP) is 3.92. The van der Waals surface area contributed by atoms with Crippen molar-refractivity contribution < 1.29 is 4.79 Å². The zero-order valence-corrected chi connectivity index (χ0v) is 15.0. The van der Waals surface area contributed by atoms with E-state index >= 15 is 0 Å². The molecule has 0 aliphatic heterocycles. The van der Waals surface area contributed by atoms with Crippen LogP contribution in [0.5, 0.6) is 0 Å². The Morgan fingerprint density at radius 3 is 2.92 bits per heavy atom. The van der Waals surface area contributed by atoms with Gasteiger partial charge in [-0.25, -0.2) is 0 Å². The van der Waals surface area contributed by atoms with Gasteiger partial charge in [-0.05, 0) is 53.9 Å². The summed E-state index contributed by atoms with van der Waals surface area (Å²) < 4.78 is 1.99. The van der Waals surface area contributed by atoms with Gasteiger partial charge >= 0.3 is 0 Å². The number of carbonyl (C=O) groups excluding carboxylic acids is 1. The van der Waals surface area contributed by atoms with Crippen molar-refractivity contribution >= 4 is 17.2 Å². The average molecular weight is 342 g/mol. The third kappa shape index (κ3) is 3.28. The first kappa shape index (κ1) is 16.5. The number of rotatable bonds is 6. The number of H-pyrrole nitrogens is 1. The Balaban J connectivity index is 1.85. The molecule has 0 aliphatic carbocycles. The summed E-state index contributed by atoms with van der Waals surface area (Å²) in [5.41, 5.74) is 3.46. The van der Waals surface area contributed by atoms with Crippen molar-refractivity contribution in [1.29, 1.82) is 0 Å². The molecule has 24 heavy (non-hydrogen) atoms. The fraction of sp³-hybridized carbons (Fsp3) is 0.333. The zero-order chi connectivity index (χ0) is 17.1. The molecule has 0 bridgehead atoms. The third-order valence-electron chi connectivity index (χ3n) is 4.33. The maximum atomic E-state index is 13.0. The van der Waals surface area contributed by atoms with Crippen LogP contribution in [0.1, 0.15) is 36.3 Å². The number of thiophene rings is 1. The van der Waals surface area contributed by atoms with Gasteiger partial charge in [0.05, 0.1) is 5.69 Å². The maximum Gasteiger partial charge on any atom is 0.272 e.